The van der Waals surface area contributed by atoms with Gasteiger partial charge in [0.25, 0.3) is 0 Å². The number of rotatable bonds is 3. The average Bonchev–Trinajstić information content (AvgIpc) is 2.18. The minimum absolute atomic E-state index is 0.226. The lowest BCUT2D eigenvalue weighted by Crippen LogP contribution is -2.02. The molecule has 0 spiro atoms. The molecular formula is C12H14O3. The van der Waals surface area contributed by atoms with Crippen molar-refractivity contribution >= 4 is 12.3 Å². The minimum Gasteiger partial charge on any atom is -0.461 e. The molecule has 0 aliphatic carbocycles. The Labute approximate surface area is 89.1 Å². The van der Waals surface area contributed by atoms with Gasteiger partial charge in [-0.1, -0.05) is 11.6 Å². The molecule has 3 nitrogen and oxygen atoms in total. The Morgan fingerprint density at radius 3 is 2.60 bits per heavy atom. The molecule has 0 heterocycles. The molecule has 0 saturated heterocycles. The van der Waals surface area contributed by atoms with Gasteiger partial charge in [0.05, 0.1) is 0 Å². The fourth-order valence-corrected chi connectivity index (χ4v) is 1.42. The number of carbonyl (C=O) groups is 2. The van der Waals surface area contributed by atoms with Crippen molar-refractivity contribution in [2.45, 2.75) is 27.4 Å². The summed E-state index contributed by atoms with van der Waals surface area (Å²) in [7, 11) is 0. The summed E-state index contributed by atoms with van der Waals surface area (Å²) in [5.41, 5.74) is 3.39. The van der Waals surface area contributed by atoms with Gasteiger partial charge in [-0.15, -0.1) is 0 Å². The van der Waals surface area contributed by atoms with E-state index in [1.807, 2.05) is 26.0 Å². The molecule has 0 radical (unpaired) electrons. The molecule has 15 heavy (non-hydrogen) atoms. The predicted molar refractivity (Wildman–Crippen MR) is 56.8 cm³/mol. The minimum atomic E-state index is -0.316. The van der Waals surface area contributed by atoms with E-state index in [0.717, 1.165) is 23.0 Å². The molecule has 0 bridgehead atoms. The number of ether oxygens (including phenoxy) is 1. The van der Waals surface area contributed by atoms with Gasteiger partial charge in [0.2, 0.25) is 0 Å². The van der Waals surface area contributed by atoms with E-state index in [0.29, 0.717) is 5.56 Å². The van der Waals surface area contributed by atoms with Crippen molar-refractivity contribution in [3.05, 3.63) is 34.4 Å². The van der Waals surface area contributed by atoms with Gasteiger partial charge < -0.3 is 4.74 Å². The SMILES string of the molecule is CC(=O)OCc1cc(C)cc(C=O)c1C. The number of hydrogen-bond acceptors (Lipinski definition) is 3. The Morgan fingerprint density at radius 2 is 2.07 bits per heavy atom. The second kappa shape index (κ2) is 4.73. The van der Waals surface area contributed by atoms with Crippen LogP contribution < -0.4 is 0 Å². The summed E-state index contributed by atoms with van der Waals surface area (Å²) >= 11 is 0. The van der Waals surface area contributed by atoms with E-state index in [1.54, 1.807) is 0 Å². The fraction of sp³-hybridized carbons (Fsp3) is 0.333. The Hall–Kier alpha value is -1.64. The number of hydrogen-bond donors (Lipinski definition) is 0. The molecule has 0 amide bonds. The third kappa shape index (κ3) is 2.91. The van der Waals surface area contributed by atoms with Crippen LogP contribution in [0, 0.1) is 13.8 Å². The van der Waals surface area contributed by atoms with E-state index in [9.17, 15) is 9.59 Å². The van der Waals surface area contributed by atoms with E-state index in [4.69, 9.17) is 4.74 Å². The molecule has 0 atom stereocenters. The second-order valence-electron chi connectivity index (χ2n) is 3.54. The van der Waals surface area contributed by atoms with E-state index >= 15 is 0 Å². The van der Waals surface area contributed by atoms with Gasteiger partial charge in [-0.05, 0) is 31.0 Å². The summed E-state index contributed by atoms with van der Waals surface area (Å²) in [4.78, 5) is 21.4. The molecule has 0 aliphatic heterocycles. The molecule has 0 aromatic heterocycles. The smallest absolute Gasteiger partial charge is 0.302 e. The van der Waals surface area contributed by atoms with Crippen LogP contribution in [0.2, 0.25) is 0 Å². The van der Waals surface area contributed by atoms with Crippen molar-refractivity contribution in [1.29, 1.82) is 0 Å². The monoisotopic (exact) mass is 206 g/mol. The van der Waals surface area contributed by atoms with Crippen LogP contribution in [0.3, 0.4) is 0 Å². The molecule has 0 saturated carbocycles. The Morgan fingerprint density at radius 1 is 1.40 bits per heavy atom. The maximum absolute atomic E-state index is 10.8. The molecule has 1 aromatic rings. The average molecular weight is 206 g/mol. The number of aryl methyl sites for hydroxylation is 1. The lowest BCUT2D eigenvalue weighted by molar-refractivity contribution is -0.142. The maximum atomic E-state index is 10.8. The largest absolute Gasteiger partial charge is 0.461 e. The van der Waals surface area contributed by atoms with E-state index in [2.05, 4.69) is 0 Å². The molecule has 0 fully saturated rings. The van der Waals surface area contributed by atoms with Gasteiger partial charge in [0.15, 0.2) is 0 Å². The number of aldehydes is 1. The molecular weight excluding hydrogens is 192 g/mol. The third-order valence-electron chi connectivity index (χ3n) is 2.26. The highest BCUT2D eigenvalue weighted by Gasteiger charge is 2.06. The van der Waals surface area contributed by atoms with Crippen molar-refractivity contribution in [3.63, 3.8) is 0 Å². The highest BCUT2D eigenvalue weighted by Crippen LogP contribution is 2.16. The highest BCUT2D eigenvalue weighted by molar-refractivity contribution is 5.78. The second-order valence-corrected chi connectivity index (χ2v) is 3.54. The quantitative estimate of drug-likeness (QED) is 0.562. The zero-order valence-corrected chi connectivity index (χ0v) is 9.16. The van der Waals surface area contributed by atoms with Crippen molar-refractivity contribution in [2.24, 2.45) is 0 Å². The summed E-state index contributed by atoms with van der Waals surface area (Å²) in [5, 5.41) is 0. The number of benzene rings is 1. The van der Waals surface area contributed by atoms with Crippen LogP contribution in [0.25, 0.3) is 0 Å². The van der Waals surface area contributed by atoms with Gasteiger partial charge in [-0.25, -0.2) is 0 Å². The van der Waals surface area contributed by atoms with Crippen LogP contribution in [-0.2, 0) is 16.1 Å². The van der Waals surface area contributed by atoms with Crippen LogP contribution in [0.5, 0.6) is 0 Å². The third-order valence-corrected chi connectivity index (χ3v) is 2.26. The first kappa shape index (κ1) is 11.4. The van der Waals surface area contributed by atoms with Gasteiger partial charge in [0.1, 0.15) is 12.9 Å². The molecule has 0 N–H and O–H groups in total. The van der Waals surface area contributed by atoms with Crippen molar-refractivity contribution < 1.29 is 14.3 Å². The van der Waals surface area contributed by atoms with E-state index < -0.39 is 0 Å². The molecule has 1 aromatic carbocycles. The summed E-state index contributed by atoms with van der Waals surface area (Å²) < 4.78 is 4.91. The molecule has 3 heteroatoms. The van der Waals surface area contributed by atoms with Crippen molar-refractivity contribution in [3.8, 4) is 0 Å². The van der Waals surface area contributed by atoms with E-state index in [-0.39, 0.29) is 12.6 Å². The van der Waals surface area contributed by atoms with Crippen LogP contribution in [-0.4, -0.2) is 12.3 Å². The molecule has 0 aliphatic rings. The molecule has 80 valence electrons. The lowest BCUT2D eigenvalue weighted by Gasteiger charge is -2.09. The van der Waals surface area contributed by atoms with Gasteiger partial charge >= 0.3 is 5.97 Å². The van der Waals surface area contributed by atoms with Crippen molar-refractivity contribution in [1.82, 2.24) is 0 Å². The summed E-state index contributed by atoms with van der Waals surface area (Å²) in [6, 6.07) is 3.74. The first-order valence-electron chi connectivity index (χ1n) is 4.73. The van der Waals surface area contributed by atoms with Gasteiger partial charge in [-0.2, -0.15) is 0 Å². The zero-order valence-electron chi connectivity index (χ0n) is 9.16. The Balaban J connectivity index is 3.01. The van der Waals surface area contributed by atoms with Gasteiger partial charge in [-0.3, -0.25) is 9.59 Å². The predicted octanol–water partition coefficient (Wildman–Crippen LogP) is 2.18. The highest BCUT2D eigenvalue weighted by atomic mass is 16.5. The summed E-state index contributed by atoms with van der Waals surface area (Å²) in [6.07, 6.45) is 0.819. The topological polar surface area (TPSA) is 43.4 Å². The number of esters is 1. The first-order chi connectivity index (χ1) is 7.04. The standard InChI is InChI=1S/C12H14O3/c1-8-4-11(6-13)9(2)12(5-8)7-15-10(3)14/h4-6H,7H2,1-3H3. The maximum Gasteiger partial charge on any atom is 0.302 e. The normalized spacial score (nSPS) is 9.80. The zero-order chi connectivity index (χ0) is 11.4. The molecule has 0 unspecified atom stereocenters. The summed E-state index contributed by atoms with van der Waals surface area (Å²) in [6.45, 7) is 5.35. The van der Waals surface area contributed by atoms with Crippen LogP contribution in [0.4, 0.5) is 0 Å². The van der Waals surface area contributed by atoms with Crippen LogP contribution >= 0.6 is 0 Å². The van der Waals surface area contributed by atoms with Crippen LogP contribution in [0.15, 0.2) is 12.1 Å². The Kier molecular flexibility index (Phi) is 3.61. The van der Waals surface area contributed by atoms with E-state index in [1.165, 1.54) is 6.92 Å². The molecule has 1 rings (SSSR count). The fourth-order valence-electron chi connectivity index (χ4n) is 1.42. The van der Waals surface area contributed by atoms with Crippen LogP contribution in [0.1, 0.15) is 34.0 Å². The Bertz CT molecular complexity index is 394. The van der Waals surface area contributed by atoms with Crippen molar-refractivity contribution in [2.75, 3.05) is 0 Å². The first-order valence-corrected chi connectivity index (χ1v) is 4.73. The van der Waals surface area contributed by atoms with Gasteiger partial charge in [0, 0.05) is 12.5 Å². The lowest BCUT2D eigenvalue weighted by atomic mass is 10.0. The number of carbonyl (C=O) groups excluding carboxylic acids is 2. The summed E-state index contributed by atoms with van der Waals surface area (Å²) in [5.74, 6) is -0.316.